The van der Waals surface area contributed by atoms with E-state index in [4.69, 9.17) is 0 Å². The lowest BCUT2D eigenvalue weighted by Crippen LogP contribution is -2.40. The maximum atomic E-state index is 12.9. The highest BCUT2D eigenvalue weighted by Crippen LogP contribution is 2.28. The van der Waals surface area contributed by atoms with E-state index in [0.29, 0.717) is 5.92 Å². The van der Waals surface area contributed by atoms with Crippen LogP contribution in [0.3, 0.4) is 0 Å². The summed E-state index contributed by atoms with van der Waals surface area (Å²) in [6.45, 7) is 11.0. The molecule has 1 aromatic heterocycles. The SMILES string of the molecule is Cc1cc(/C=N\N2C(=O)N[C@](C)(c3ccccc3)C2=O)c(C)n1CC(C)C. The van der Waals surface area contributed by atoms with Gasteiger partial charge in [0.05, 0.1) is 6.21 Å². The Hall–Kier alpha value is -2.89. The lowest BCUT2D eigenvalue weighted by atomic mass is 9.92. The summed E-state index contributed by atoms with van der Waals surface area (Å²) in [4.78, 5) is 25.3. The summed E-state index contributed by atoms with van der Waals surface area (Å²) in [5.41, 5.74) is 2.74. The van der Waals surface area contributed by atoms with Crippen LogP contribution in [0.4, 0.5) is 4.79 Å². The van der Waals surface area contributed by atoms with Gasteiger partial charge in [-0.2, -0.15) is 5.10 Å². The molecular weight excluding hydrogens is 340 g/mol. The van der Waals surface area contributed by atoms with Crippen molar-refractivity contribution < 1.29 is 9.59 Å². The van der Waals surface area contributed by atoms with Crippen molar-refractivity contribution in [2.45, 2.75) is 46.7 Å². The largest absolute Gasteiger partial charge is 0.348 e. The molecule has 1 atom stereocenters. The third-order valence-corrected chi connectivity index (χ3v) is 4.99. The molecule has 6 heteroatoms. The number of imide groups is 1. The number of amides is 3. The lowest BCUT2D eigenvalue weighted by Gasteiger charge is -2.20. The summed E-state index contributed by atoms with van der Waals surface area (Å²) in [5, 5.41) is 7.88. The van der Waals surface area contributed by atoms with Crippen molar-refractivity contribution in [3.05, 3.63) is 58.9 Å². The first kappa shape index (κ1) is 18.9. The summed E-state index contributed by atoms with van der Waals surface area (Å²) in [7, 11) is 0. The highest BCUT2D eigenvalue weighted by atomic mass is 16.2. The van der Waals surface area contributed by atoms with Crippen molar-refractivity contribution in [3.63, 3.8) is 0 Å². The average Bonchev–Trinajstić information content (AvgIpc) is 3.01. The van der Waals surface area contributed by atoms with Crippen molar-refractivity contribution >= 4 is 18.2 Å². The quantitative estimate of drug-likeness (QED) is 0.649. The van der Waals surface area contributed by atoms with Crippen molar-refractivity contribution in [3.8, 4) is 0 Å². The minimum Gasteiger partial charge on any atom is -0.348 e. The highest BCUT2D eigenvalue weighted by Gasteiger charge is 2.49. The normalized spacial score (nSPS) is 20.1. The van der Waals surface area contributed by atoms with E-state index in [1.807, 2.05) is 50.2 Å². The zero-order chi connectivity index (χ0) is 19.8. The standard InChI is InChI=1S/C21H26N4O2/c1-14(2)13-24-15(3)11-17(16(24)4)12-22-25-19(26)21(5,23-20(25)27)18-9-7-6-8-10-18/h6-12,14H,13H2,1-5H3,(H,23,27)/b22-12-/t21-/m1/s1. The van der Waals surface area contributed by atoms with Crippen molar-refractivity contribution in [1.82, 2.24) is 14.9 Å². The van der Waals surface area contributed by atoms with Crippen LogP contribution < -0.4 is 5.32 Å². The second kappa shape index (κ2) is 7.02. The molecule has 0 bridgehead atoms. The fraction of sp³-hybridized carbons (Fsp3) is 0.381. The zero-order valence-electron chi connectivity index (χ0n) is 16.5. The number of aryl methyl sites for hydroxylation is 1. The summed E-state index contributed by atoms with van der Waals surface area (Å²) in [5.74, 6) is 0.142. The van der Waals surface area contributed by atoms with Gasteiger partial charge in [0.1, 0.15) is 5.54 Å². The third-order valence-electron chi connectivity index (χ3n) is 4.99. The maximum Gasteiger partial charge on any atom is 0.346 e. The van der Waals surface area contributed by atoms with Gasteiger partial charge in [0.2, 0.25) is 0 Å². The van der Waals surface area contributed by atoms with Gasteiger partial charge in [-0.15, -0.1) is 5.01 Å². The molecule has 1 aliphatic heterocycles. The van der Waals surface area contributed by atoms with Crippen LogP contribution in [-0.4, -0.2) is 27.7 Å². The molecule has 1 fully saturated rings. The number of aromatic nitrogens is 1. The first-order valence-corrected chi connectivity index (χ1v) is 9.17. The van der Waals surface area contributed by atoms with E-state index in [0.717, 1.165) is 34.1 Å². The highest BCUT2D eigenvalue weighted by molar-refractivity contribution is 6.07. The molecule has 142 valence electrons. The predicted octanol–water partition coefficient (Wildman–Crippen LogP) is 3.56. The van der Waals surface area contributed by atoms with Gasteiger partial charge >= 0.3 is 6.03 Å². The number of nitrogens with zero attached hydrogens (tertiary/aromatic N) is 3. The number of urea groups is 1. The molecule has 0 unspecified atom stereocenters. The first-order chi connectivity index (χ1) is 12.7. The minimum absolute atomic E-state index is 0.383. The topological polar surface area (TPSA) is 66.7 Å². The van der Waals surface area contributed by atoms with Crippen LogP contribution in [0.5, 0.6) is 0 Å². The Morgan fingerprint density at radius 1 is 1.19 bits per heavy atom. The molecule has 6 nitrogen and oxygen atoms in total. The average molecular weight is 366 g/mol. The number of hydrogen-bond acceptors (Lipinski definition) is 3. The number of hydrazone groups is 1. The predicted molar refractivity (Wildman–Crippen MR) is 106 cm³/mol. The van der Waals surface area contributed by atoms with Gasteiger partial charge in [-0.1, -0.05) is 44.2 Å². The Labute approximate surface area is 159 Å². The third kappa shape index (κ3) is 3.39. The van der Waals surface area contributed by atoms with E-state index in [-0.39, 0.29) is 5.91 Å². The van der Waals surface area contributed by atoms with E-state index in [1.54, 1.807) is 13.1 Å². The Balaban J connectivity index is 1.86. The zero-order valence-corrected chi connectivity index (χ0v) is 16.5. The van der Waals surface area contributed by atoms with E-state index >= 15 is 0 Å². The molecule has 0 spiro atoms. The van der Waals surface area contributed by atoms with Crippen molar-refractivity contribution in [2.75, 3.05) is 0 Å². The van der Waals surface area contributed by atoms with Crippen LogP contribution >= 0.6 is 0 Å². The Bertz CT molecular complexity index is 898. The maximum absolute atomic E-state index is 12.9. The minimum atomic E-state index is -1.11. The van der Waals surface area contributed by atoms with E-state index in [9.17, 15) is 9.59 Å². The van der Waals surface area contributed by atoms with Crippen molar-refractivity contribution in [1.29, 1.82) is 0 Å². The molecule has 27 heavy (non-hydrogen) atoms. The fourth-order valence-electron chi connectivity index (χ4n) is 3.42. The molecular formula is C21H26N4O2. The summed E-state index contributed by atoms with van der Waals surface area (Å²) >= 11 is 0. The van der Waals surface area contributed by atoms with Gasteiger partial charge in [0.15, 0.2) is 0 Å². The summed E-state index contributed by atoms with van der Waals surface area (Å²) in [6.07, 6.45) is 1.59. The van der Waals surface area contributed by atoms with Crippen LogP contribution in [0.25, 0.3) is 0 Å². The molecule has 0 aliphatic carbocycles. The fourth-order valence-corrected chi connectivity index (χ4v) is 3.42. The van der Waals surface area contributed by atoms with Crippen LogP contribution in [0.15, 0.2) is 41.5 Å². The number of carbonyl (C=O) groups excluding carboxylic acids is 2. The van der Waals surface area contributed by atoms with Crippen LogP contribution in [-0.2, 0) is 16.9 Å². The van der Waals surface area contributed by atoms with E-state index in [2.05, 4.69) is 28.8 Å². The first-order valence-electron chi connectivity index (χ1n) is 9.17. The van der Waals surface area contributed by atoms with Crippen LogP contribution in [0, 0.1) is 19.8 Å². The van der Waals surface area contributed by atoms with Gasteiger partial charge in [-0.05, 0) is 38.3 Å². The number of benzene rings is 1. The van der Waals surface area contributed by atoms with Gasteiger partial charge in [-0.25, -0.2) is 4.79 Å². The van der Waals surface area contributed by atoms with Crippen LogP contribution in [0.2, 0.25) is 0 Å². The monoisotopic (exact) mass is 366 g/mol. The summed E-state index contributed by atoms with van der Waals surface area (Å²) in [6, 6.07) is 10.7. The van der Waals surface area contributed by atoms with E-state index < -0.39 is 11.6 Å². The molecule has 2 aromatic rings. The number of rotatable bonds is 5. The Morgan fingerprint density at radius 3 is 2.48 bits per heavy atom. The molecule has 0 radical (unpaired) electrons. The molecule has 1 saturated heterocycles. The molecule has 2 heterocycles. The molecule has 1 aliphatic rings. The number of nitrogens with one attached hydrogen (secondary N) is 1. The second-order valence-corrected chi connectivity index (χ2v) is 7.61. The van der Waals surface area contributed by atoms with Gasteiger partial charge in [0, 0.05) is 23.5 Å². The van der Waals surface area contributed by atoms with Crippen molar-refractivity contribution in [2.24, 2.45) is 11.0 Å². The number of carbonyl (C=O) groups is 2. The second-order valence-electron chi connectivity index (χ2n) is 7.61. The van der Waals surface area contributed by atoms with Crippen LogP contribution in [0.1, 0.15) is 43.3 Å². The molecule has 1 N–H and O–H groups in total. The van der Waals surface area contributed by atoms with E-state index in [1.165, 1.54) is 0 Å². The molecule has 3 rings (SSSR count). The summed E-state index contributed by atoms with van der Waals surface area (Å²) < 4.78 is 2.23. The molecule has 0 saturated carbocycles. The van der Waals surface area contributed by atoms with Gasteiger partial charge in [-0.3, -0.25) is 4.79 Å². The Morgan fingerprint density at radius 2 is 1.85 bits per heavy atom. The smallest absolute Gasteiger partial charge is 0.346 e. The number of hydrogen-bond donors (Lipinski definition) is 1. The van der Waals surface area contributed by atoms with Gasteiger partial charge < -0.3 is 9.88 Å². The van der Waals surface area contributed by atoms with Gasteiger partial charge in [0.25, 0.3) is 5.91 Å². The molecule has 3 amide bonds. The molecule has 1 aromatic carbocycles. The lowest BCUT2D eigenvalue weighted by molar-refractivity contribution is -0.131. The Kier molecular flexibility index (Phi) is 4.91.